The van der Waals surface area contributed by atoms with Crippen molar-refractivity contribution in [2.75, 3.05) is 40.5 Å². The zero-order chi connectivity index (χ0) is 10.7. The molecule has 0 atom stereocenters. The van der Waals surface area contributed by atoms with E-state index in [-0.39, 0.29) is 0 Å². The van der Waals surface area contributed by atoms with Crippen LogP contribution in [0, 0.1) is 0 Å². The number of rotatable bonds is 4. The van der Waals surface area contributed by atoms with Crippen LogP contribution in [-0.2, 0) is 0 Å². The monoisotopic (exact) mass is 208 g/mol. The Labute approximate surface area is 92.0 Å². The number of nitrogens with zero attached hydrogens (tertiary/aromatic N) is 4. The van der Waals surface area contributed by atoms with Crippen LogP contribution in [0.25, 0.3) is 0 Å². The molecule has 2 heterocycles. The fraction of sp³-hybridized carbons (Fsp3) is 0.636. The van der Waals surface area contributed by atoms with E-state index in [1.165, 1.54) is 6.42 Å². The summed E-state index contributed by atoms with van der Waals surface area (Å²) in [5, 5.41) is 0. The van der Waals surface area contributed by atoms with Crippen LogP contribution in [0.3, 0.4) is 0 Å². The van der Waals surface area contributed by atoms with Gasteiger partial charge in [-0.15, -0.1) is 0 Å². The molecule has 2 aliphatic rings. The van der Waals surface area contributed by atoms with Gasteiger partial charge in [-0.05, 0) is 6.42 Å². The van der Waals surface area contributed by atoms with E-state index in [2.05, 4.69) is 58.5 Å². The van der Waals surface area contributed by atoms with Gasteiger partial charge in [0.25, 0.3) is 0 Å². The molecule has 0 saturated heterocycles. The number of hydrogen-bond acceptors (Lipinski definition) is 4. The third-order valence-corrected chi connectivity index (χ3v) is 2.76. The molecule has 0 fully saturated rings. The van der Waals surface area contributed by atoms with Crippen molar-refractivity contribution in [1.82, 2.24) is 19.6 Å². The summed E-state index contributed by atoms with van der Waals surface area (Å²) in [6.45, 7) is 4.37. The molecular formula is C11H20N4. The van der Waals surface area contributed by atoms with Crippen molar-refractivity contribution in [2.24, 2.45) is 0 Å². The zero-order valence-electron chi connectivity index (χ0n) is 9.63. The van der Waals surface area contributed by atoms with E-state index in [4.69, 9.17) is 0 Å². The second-order valence-electron chi connectivity index (χ2n) is 4.37. The smallest absolute Gasteiger partial charge is 0.0890 e. The first-order valence-electron chi connectivity index (χ1n) is 5.49. The van der Waals surface area contributed by atoms with E-state index >= 15 is 0 Å². The topological polar surface area (TPSA) is 13.0 Å². The van der Waals surface area contributed by atoms with Gasteiger partial charge in [0.1, 0.15) is 0 Å². The minimum atomic E-state index is 1.04. The van der Waals surface area contributed by atoms with Crippen molar-refractivity contribution >= 4 is 0 Å². The Bertz CT molecular complexity index is 235. The zero-order valence-corrected chi connectivity index (χ0v) is 9.63. The normalized spacial score (nSPS) is 19.9. The molecule has 4 nitrogen and oxygen atoms in total. The van der Waals surface area contributed by atoms with Crippen LogP contribution < -0.4 is 0 Å². The van der Waals surface area contributed by atoms with Crippen molar-refractivity contribution in [3.05, 3.63) is 24.8 Å². The van der Waals surface area contributed by atoms with Gasteiger partial charge in [0.15, 0.2) is 0 Å². The first-order chi connectivity index (χ1) is 7.24. The van der Waals surface area contributed by atoms with Crippen LogP contribution in [-0.4, -0.2) is 60.1 Å². The summed E-state index contributed by atoms with van der Waals surface area (Å²) in [5.74, 6) is 0. The lowest BCUT2D eigenvalue weighted by molar-refractivity contribution is 0.257. The maximum atomic E-state index is 2.35. The third kappa shape index (κ3) is 2.81. The average Bonchev–Trinajstić information content (AvgIpc) is 2.76. The Morgan fingerprint density at radius 2 is 1.27 bits per heavy atom. The molecule has 0 aromatic heterocycles. The standard InChI is InChI=1S/C11H20N4/c1-12-6-8-14(10-12)4-3-5-15-9-7-13(2)11-15/h6-9H,3-5,10-11H2,1-2H3. The summed E-state index contributed by atoms with van der Waals surface area (Å²) in [7, 11) is 4.21. The lowest BCUT2D eigenvalue weighted by Crippen LogP contribution is -2.28. The molecule has 0 aliphatic carbocycles. The molecule has 0 bridgehead atoms. The second kappa shape index (κ2) is 4.47. The molecule has 0 aromatic rings. The van der Waals surface area contributed by atoms with Crippen LogP contribution in [0.15, 0.2) is 24.8 Å². The lowest BCUT2D eigenvalue weighted by atomic mass is 10.4. The Morgan fingerprint density at radius 1 is 0.800 bits per heavy atom. The Balaban J connectivity index is 1.60. The van der Waals surface area contributed by atoms with Gasteiger partial charge in [0.2, 0.25) is 0 Å². The molecule has 15 heavy (non-hydrogen) atoms. The molecule has 2 rings (SSSR count). The summed E-state index contributed by atoms with van der Waals surface area (Å²) in [6.07, 6.45) is 9.82. The number of hydrogen-bond donors (Lipinski definition) is 0. The molecule has 0 saturated carbocycles. The molecule has 0 spiro atoms. The largest absolute Gasteiger partial charge is 0.362 e. The molecule has 0 amide bonds. The van der Waals surface area contributed by atoms with Gasteiger partial charge in [-0.25, -0.2) is 0 Å². The average molecular weight is 208 g/mol. The van der Waals surface area contributed by atoms with Crippen LogP contribution in [0.1, 0.15) is 6.42 Å². The van der Waals surface area contributed by atoms with E-state index in [1.54, 1.807) is 0 Å². The van der Waals surface area contributed by atoms with E-state index in [0.717, 1.165) is 26.4 Å². The SMILES string of the molecule is CN1C=CN(CCCN2C=CN(C)C2)C1. The predicted octanol–water partition coefficient (Wildman–Crippen LogP) is 0.729. The molecule has 4 heteroatoms. The first kappa shape index (κ1) is 10.2. The first-order valence-corrected chi connectivity index (χ1v) is 5.49. The maximum Gasteiger partial charge on any atom is 0.0890 e. The Morgan fingerprint density at radius 3 is 1.60 bits per heavy atom. The third-order valence-electron chi connectivity index (χ3n) is 2.76. The van der Waals surface area contributed by atoms with Crippen LogP contribution >= 0.6 is 0 Å². The van der Waals surface area contributed by atoms with Crippen molar-refractivity contribution in [3.8, 4) is 0 Å². The predicted molar refractivity (Wildman–Crippen MR) is 61.6 cm³/mol. The summed E-state index contributed by atoms with van der Waals surface area (Å²) in [5.41, 5.74) is 0. The molecule has 0 aromatic carbocycles. The second-order valence-corrected chi connectivity index (χ2v) is 4.37. The van der Waals surface area contributed by atoms with Crippen LogP contribution in [0.4, 0.5) is 0 Å². The molecule has 0 unspecified atom stereocenters. The highest BCUT2D eigenvalue weighted by atomic mass is 15.3. The molecule has 0 radical (unpaired) electrons. The van der Waals surface area contributed by atoms with E-state index in [1.807, 2.05) is 0 Å². The fourth-order valence-electron chi connectivity index (χ4n) is 1.95. The maximum absolute atomic E-state index is 2.35. The van der Waals surface area contributed by atoms with Crippen molar-refractivity contribution in [3.63, 3.8) is 0 Å². The summed E-state index contributed by atoms with van der Waals surface area (Å²) in [4.78, 5) is 9.10. The highest BCUT2D eigenvalue weighted by Gasteiger charge is 2.10. The Kier molecular flexibility index (Phi) is 3.04. The quantitative estimate of drug-likeness (QED) is 0.675. The van der Waals surface area contributed by atoms with Gasteiger partial charge in [0.05, 0.1) is 13.3 Å². The minimum Gasteiger partial charge on any atom is -0.362 e. The van der Waals surface area contributed by atoms with Crippen molar-refractivity contribution in [2.45, 2.75) is 6.42 Å². The summed E-state index contributed by atoms with van der Waals surface area (Å²) >= 11 is 0. The van der Waals surface area contributed by atoms with Crippen LogP contribution in [0.5, 0.6) is 0 Å². The van der Waals surface area contributed by atoms with Crippen molar-refractivity contribution in [1.29, 1.82) is 0 Å². The summed E-state index contributed by atoms with van der Waals surface area (Å²) in [6, 6.07) is 0. The molecule has 84 valence electrons. The lowest BCUT2D eigenvalue weighted by Gasteiger charge is -2.21. The van der Waals surface area contributed by atoms with Gasteiger partial charge in [-0.2, -0.15) is 0 Å². The van der Waals surface area contributed by atoms with E-state index in [0.29, 0.717) is 0 Å². The minimum absolute atomic E-state index is 1.04. The molecule has 0 N–H and O–H groups in total. The highest BCUT2D eigenvalue weighted by Crippen LogP contribution is 2.07. The van der Waals surface area contributed by atoms with Crippen LogP contribution in [0.2, 0.25) is 0 Å². The van der Waals surface area contributed by atoms with Gasteiger partial charge < -0.3 is 19.6 Å². The molecule has 2 aliphatic heterocycles. The Hall–Kier alpha value is -1.32. The fourth-order valence-corrected chi connectivity index (χ4v) is 1.95. The van der Waals surface area contributed by atoms with Gasteiger partial charge in [-0.1, -0.05) is 0 Å². The van der Waals surface area contributed by atoms with E-state index < -0.39 is 0 Å². The summed E-state index contributed by atoms with van der Waals surface area (Å²) < 4.78 is 0. The van der Waals surface area contributed by atoms with Gasteiger partial charge in [-0.3, -0.25) is 0 Å². The van der Waals surface area contributed by atoms with E-state index in [9.17, 15) is 0 Å². The molecular weight excluding hydrogens is 188 g/mol. The van der Waals surface area contributed by atoms with Gasteiger partial charge >= 0.3 is 0 Å². The highest BCUT2D eigenvalue weighted by molar-refractivity contribution is 4.90. The van der Waals surface area contributed by atoms with Gasteiger partial charge in [0, 0.05) is 52.0 Å². The van der Waals surface area contributed by atoms with Crippen molar-refractivity contribution < 1.29 is 0 Å².